The van der Waals surface area contributed by atoms with Gasteiger partial charge in [-0.05, 0) is 124 Å². The number of hydrogen-bond donors (Lipinski definition) is 8. The van der Waals surface area contributed by atoms with Gasteiger partial charge in [0.05, 0.1) is 90.4 Å². The van der Waals surface area contributed by atoms with E-state index in [9.17, 15) is 110 Å². The van der Waals surface area contributed by atoms with Crippen molar-refractivity contribution in [3.05, 3.63) is 0 Å². The second-order valence-corrected chi connectivity index (χ2v) is 38.9. The van der Waals surface area contributed by atoms with Crippen molar-refractivity contribution in [2.75, 3.05) is 139 Å². The fourth-order valence-corrected chi connectivity index (χ4v) is 14.3. The van der Waals surface area contributed by atoms with E-state index in [0.29, 0.717) is 191 Å². The number of Topliss-reactive ketones (excluding diaryl/α,β-unsaturated/α-hetero) is 14. The lowest BCUT2D eigenvalue weighted by atomic mass is 9.94. The summed E-state index contributed by atoms with van der Waals surface area (Å²) in [6.07, 6.45) is 18.3. The van der Waals surface area contributed by atoms with Crippen LogP contribution in [0.3, 0.4) is 0 Å². The lowest BCUT2D eigenvalue weighted by molar-refractivity contribution is -0.134. The second kappa shape index (κ2) is 89.8. The number of hydrogen-bond acceptors (Lipinski definition) is 28. The zero-order chi connectivity index (χ0) is 111. The first-order chi connectivity index (χ1) is 67.8. The standard InChI is InChI=1S/C20H36N2O4.C18H31N3O4.C18H33N3O4.C18H32N2O4.C17H32N2O3.C16H28N2O4/c1-5-17(23)13-22(14-18(24)6-2)15-19(25)11-9-7-8-10-12-20(26)21-16(3)4;1-12(2)9-13(22)7-5-6-8-16(23)21-10-14(17(24)19-3)15(11-21)18(25)20-4;1-14(2)13-15(22)7-5-6-8-18(25)21(11-9-16(23)19-3)12-10-17(24)20-4;1-5-15(21)11-20(12-16(22)6-2)13-17(23)9-7-8-10-18(24)19-14(3)4;1-5-15(20)11-19(12-16(21)6-2)13-17(22)9-7-8-10-18-14(3)4;1-5-13(19)9-18(10-14(20)6-2)11-15(21)7-8-16(22)17-12(3)4/h16H,5-15H2,1-4H3,(H,21,26);12,14-15H,5-11H2,1-4H3,(H,19,24)(H,20,25);14H,5-13H2,1-4H3,(H,19,23)(H,20,24);14H,5-13H2,1-4H3,(H,19,24);14,18H,5-13H2,1-4H3;12H,5-11H2,1-4H3,(H,17,22)/t;14-,15+;;;;. The van der Waals surface area contributed by atoms with Gasteiger partial charge in [-0.2, -0.15) is 0 Å². The van der Waals surface area contributed by atoms with Crippen LogP contribution in [-0.4, -0.2) is 327 Å². The van der Waals surface area contributed by atoms with Crippen molar-refractivity contribution in [1.29, 1.82) is 0 Å². The zero-order valence-corrected chi connectivity index (χ0v) is 93.0. The highest BCUT2D eigenvalue weighted by atomic mass is 16.2. The van der Waals surface area contributed by atoms with Crippen LogP contribution in [0.5, 0.6) is 0 Å². The molecule has 0 aromatic rings. The maximum absolute atomic E-state index is 12.4. The molecule has 8 N–H and O–H groups in total. The monoisotopic (exact) mass is 2040 g/mol. The topological polar surface area (TPSA) is 508 Å². The van der Waals surface area contributed by atoms with Gasteiger partial charge in [-0.1, -0.05) is 110 Å². The summed E-state index contributed by atoms with van der Waals surface area (Å²) in [6, 6.07) is 0.803. The van der Waals surface area contributed by atoms with E-state index in [0.717, 1.165) is 45.1 Å². The van der Waals surface area contributed by atoms with Crippen LogP contribution in [0.4, 0.5) is 0 Å². The van der Waals surface area contributed by atoms with E-state index >= 15 is 0 Å². The van der Waals surface area contributed by atoms with Crippen LogP contribution >= 0.6 is 0 Å². The van der Waals surface area contributed by atoms with Gasteiger partial charge in [-0.15, -0.1) is 0 Å². The minimum absolute atomic E-state index is 0.00107. The third-order valence-electron chi connectivity index (χ3n) is 22.5. The lowest BCUT2D eigenvalue weighted by Crippen LogP contribution is -2.39. The number of nitrogens with zero attached hydrogens (tertiary/aromatic N) is 6. The minimum atomic E-state index is -0.512. The molecule has 0 radical (unpaired) electrons. The van der Waals surface area contributed by atoms with Crippen LogP contribution < -0.4 is 42.5 Å². The summed E-state index contributed by atoms with van der Waals surface area (Å²) < 4.78 is 0. The molecule has 0 aliphatic carbocycles. The van der Waals surface area contributed by atoms with Crippen LogP contribution in [0.25, 0.3) is 0 Å². The number of rotatable bonds is 78. The molecule has 0 aromatic heterocycles. The number of carbonyl (C=O) groups is 23. The number of amides is 9. The average Bonchev–Trinajstić information content (AvgIpc) is 1.67. The van der Waals surface area contributed by atoms with Gasteiger partial charge in [0.1, 0.15) is 81.0 Å². The van der Waals surface area contributed by atoms with E-state index in [1.54, 1.807) is 98.9 Å². The van der Waals surface area contributed by atoms with E-state index in [2.05, 4.69) is 56.4 Å². The van der Waals surface area contributed by atoms with Crippen molar-refractivity contribution in [2.45, 2.75) is 387 Å². The van der Waals surface area contributed by atoms with Crippen LogP contribution in [-0.2, 0) is 110 Å². The molecule has 1 fully saturated rings. The Morgan fingerprint density at radius 1 is 0.250 bits per heavy atom. The van der Waals surface area contributed by atoms with Gasteiger partial charge < -0.3 is 52.3 Å². The third-order valence-corrected chi connectivity index (χ3v) is 22.5. The van der Waals surface area contributed by atoms with E-state index in [-0.39, 0.29) is 270 Å². The molecule has 0 spiro atoms. The molecule has 144 heavy (non-hydrogen) atoms. The zero-order valence-electron chi connectivity index (χ0n) is 93.0. The molecule has 0 saturated carbocycles. The summed E-state index contributed by atoms with van der Waals surface area (Å²) in [4.78, 5) is 280. The molecular weight excluding hydrogens is 1850 g/mol. The Kier molecular flexibility index (Phi) is 89.1. The predicted molar refractivity (Wildman–Crippen MR) is 562 cm³/mol. The number of nitrogens with one attached hydrogen (secondary N) is 8. The van der Waals surface area contributed by atoms with E-state index in [1.807, 2.05) is 69.2 Å². The average molecular weight is 2040 g/mol. The molecule has 9 amide bonds. The van der Waals surface area contributed by atoms with Gasteiger partial charge in [-0.25, -0.2) is 0 Å². The summed E-state index contributed by atoms with van der Waals surface area (Å²) in [5.41, 5.74) is 0. The largest absolute Gasteiger partial charge is 0.359 e. The van der Waals surface area contributed by atoms with Crippen molar-refractivity contribution in [1.82, 2.24) is 71.9 Å². The molecule has 37 heteroatoms. The molecule has 0 aromatic carbocycles. The Morgan fingerprint density at radius 2 is 0.493 bits per heavy atom. The Balaban J connectivity index is -0.000000537. The normalized spacial score (nSPS) is 12.4. The quantitative estimate of drug-likeness (QED) is 0.0262. The number of unbranched alkanes of at least 4 members (excludes halogenated alkanes) is 7. The van der Waals surface area contributed by atoms with Crippen LogP contribution in [0, 0.1) is 23.7 Å². The molecule has 37 nitrogen and oxygen atoms in total. The van der Waals surface area contributed by atoms with E-state index in [1.165, 1.54) is 14.1 Å². The van der Waals surface area contributed by atoms with Gasteiger partial charge in [0.25, 0.3) is 0 Å². The first kappa shape index (κ1) is 143. The molecule has 0 unspecified atom stereocenters. The lowest BCUT2D eigenvalue weighted by Gasteiger charge is -2.22. The van der Waals surface area contributed by atoms with Gasteiger partial charge in [0, 0.05) is 226 Å². The molecule has 1 rings (SSSR count). The second-order valence-electron chi connectivity index (χ2n) is 38.9. The Bertz CT molecular complexity index is 3690. The summed E-state index contributed by atoms with van der Waals surface area (Å²) in [5, 5.41) is 21.9. The van der Waals surface area contributed by atoms with E-state index < -0.39 is 11.8 Å². The summed E-state index contributed by atoms with van der Waals surface area (Å²) in [7, 11) is 6.16. The molecule has 1 saturated heterocycles. The van der Waals surface area contributed by atoms with Crippen molar-refractivity contribution >= 4 is 134 Å². The third kappa shape index (κ3) is 85.6. The molecule has 828 valence electrons. The van der Waals surface area contributed by atoms with Gasteiger partial charge in [0.15, 0.2) is 0 Å². The number of carbonyl (C=O) groups excluding carboxylic acids is 23. The van der Waals surface area contributed by atoms with Crippen molar-refractivity contribution in [3.63, 3.8) is 0 Å². The minimum Gasteiger partial charge on any atom is -0.359 e. The summed E-state index contributed by atoms with van der Waals surface area (Å²) >= 11 is 0. The smallest absolute Gasteiger partial charge is 0.225 e. The maximum Gasteiger partial charge on any atom is 0.225 e. The molecule has 1 aliphatic rings. The summed E-state index contributed by atoms with van der Waals surface area (Å²) in [5.74, 6) is -0.465. The first-order valence-corrected chi connectivity index (χ1v) is 53.0. The highest BCUT2D eigenvalue weighted by Crippen LogP contribution is 2.26. The first-order valence-electron chi connectivity index (χ1n) is 53.0. The predicted octanol–water partition coefficient (Wildman–Crippen LogP) is 9.68. The SMILES string of the molecule is CCC(=O)CN(CC(=O)CC)CC(=O)CCC(=O)NC(C)C.CCC(=O)CN(CC(=O)CC)CC(=O)CCCCC(=O)NC(C)C.CCC(=O)CN(CC(=O)CC)CC(=O)CCCCCCC(=O)NC(C)C.CCC(=O)CN(CC(=O)CC)CC(=O)CCCCNC(C)C.CNC(=O)CCN(CCC(=O)NC)C(=O)CCCCC(=O)CC(C)C.CNC(=O)[C@H]1CN(C(=O)CCCCC(=O)CC(C)C)C[C@H]1C(=O)NC. The van der Waals surface area contributed by atoms with Crippen LogP contribution in [0.15, 0.2) is 0 Å². The molecule has 2 atom stereocenters. The van der Waals surface area contributed by atoms with Gasteiger partial charge in [0.2, 0.25) is 53.2 Å². The maximum atomic E-state index is 12.4. The van der Waals surface area contributed by atoms with Crippen molar-refractivity contribution < 1.29 is 110 Å². The van der Waals surface area contributed by atoms with Crippen LogP contribution in [0.1, 0.15) is 363 Å². The molecular formula is C107H192N14O23. The summed E-state index contributed by atoms with van der Waals surface area (Å²) in [6.45, 7) is 41.6. The Hall–Kier alpha value is -9.59. The Labute approximate surface area is 862 Å². The number of ketones is 14. The highest BCUT2D eigenvalue weighted by Gasteiger charge is 2.43. The van der Waals surface area contributed by atoms with Crippen molar-refractivity contribution in [3.8, 4) is 0 Å². The van der Waals surface area contributed by atoms with Gasteiger partial charge in [-0.3, -0.25) is 130 Å². The van der Waals surface area contributed by atoms with E-state index in [4.69, 9.17) is 0 Å². The molecule has 0 bridgehead atoms. The van der Waals surface area contributed by atoms with Crippen molar-refractivity contribution in [2.24, 2.45) is 23.7 Å². The van der Waals surface area contributed by atoms with Crippen LogP contribution in [0.2, 0.25) is 0 Å². The number of likely N-dealkylation sites (tertiary alicyclic amines) is 1. The fraction of sp³-hybridized carbons (Fsp3) is 0.785. The molecule has 1 aliphatic heterocycles. The van der Waals surface area contributed by atoms with Gasteiger partial charge >= 0.3 is 0 Å². The Morgan fingerprint density at radius 3 is 0.764 bits per heavy atom. The highest BCUT2D eigenvalue weighted by molar-refractivity contribution is 5.93. The molecule has 1 heterocycles. The fourth-order valence-electron chi connectivity index (χ4n) is 14.3.